The van der Waals surface area contributed by atoms with Gasteiger partial charge in [0.2, 0.25) is 23.6 Å². The van der Waals surface area contributed by atoms with Gasteiger partial charge in [-0.3, -0.25) is 28.8 Å². The number of carbonyl (C=O) groups excluding carboxylic acids is 4. The minimum Gasteiger partial charge on any atom is -0.396 e. The van der Waals surface area contributed by atoms with Gasteiger partial charge in [0.1, 0.15) is 0 Å². The van der Waals surface area contributed by atoms with Crippen LogP contribution in [0, 0.1) is 35.5 Å². The summed E-state index contributed by atoms with van der Waals surface area (Å²) in [5.41, 5.74) is 2.29. The Morgan fingerprint density at radius 3 is 1.31 bits per heavy atom. The molecule has 2 aromatic heterocycles. The third kappa shape index (κ3) is 8.61. The number of aliphatic hydroxyl groups is 2. The molecular formula is C48H66N6O8. The molecule has 4 N–H and O–H groups in total. The normalized spacial score (nSPS) is 28.0. The molecule has 14 heteroatoms. The number of hydrogen-bond acceptors (Lipinski definition) is 8. The van der Waals surface area contributed by atoms with Crippen LogP contribution in [0.15, 0.2) is 46.0 Å². The average molecular weight is 855 g/mol. The van der Waals surface area contributed by atoms with Crippen molar-refractivity contribution in [2.75, 3.05) is 26.3 Å². The maximum Gasteiger partial charge on any atom is 0.258 e. The summed E-state index contributed by atoms with van der Waals surface area (Å²) in [4.78, 5) is 81.4. The van der Waals surface area contributed by atoms with Gasteiger partial charge in [-0.15, -0.1) is 0 Å². The van der Waals surface area contributed by atoms with Gasteiger partial charge in [0.05, 0.1) is 36.0 Å². The second-order valence-electron chi connectivity index (χ2n) is 18.4. The lowest BCUT2D eigenvalue weighted by molar-refractivity contribution is -0.136. The van der Waals surface area contributed by atoms with Crippen LogP contribution in [0.2, 0.25) is 0 Å². The molecule has 6 heterocycles. The first kappa shape index (κ1) is 45.2. The molecule has 0 spiro atoms. The minimum atomic E-state index is -0.566. The van der Waals surface area contributed by atoms with Crippen molar-refractivity contribution in [3.8, 4) is 0 Å². The van der Waals surface area contributed by atoms with Gasteiger partial charge in [-0.25, -0.2) is 0 Å². The number of pyridine rings is 2. The van der Waals surface area contributed by atoms with Crippen molar-refractivity contribution in [2.45, 2.75) is 129 Å². The lowest BCUT2D eigenvalue weighted by Gasteiger charge is -2.37. The number of aliphatic hydroxyl groups excluding tert-OH is 2. The van der Waals surface area contributed by atoms with E-state index in [1.54, 1.807) is 43.2 Å². The van der Waals surface area contributed by atoms with Crippen LogP contribution in [0.3, 0.4) is 0 Å². The molecule has 2 saturated heterocycles. The van der Waals surface area contributed by atoms with E-state index in [0.717, 1.165) is 25.7 Å². The number of allylic oxidation sites excluding steroid dienone is 2. The molecular weight excluding hydrogens is 789 g/mol. The van der Waals surface area contributed by atoms with Crippen LogP contribution in [0.25, 0.3) is 12.2 Å². The van der Waals surface area contributed by atoms with E-state index >= 15 is 0 Å². The van der Waals surface area contributed by atoms with Gasteiger partial charge in [-0.2, -0.15) is 0 Å². The summed E-state index contributed by atoms with van der Waals surface area (Å²) in [5.74, 6) is -1.45. The summed E-state index contributed by atoms with van der Waals surface area (Å²) in [6, 6.07) is 5.42. The molecule has 8 atom stereocenters. The molecule has 2 saturated carbocycles. The Balaban J connectivity index is 0.000000186. The van der Waals surface area contributed by atoms with Gasteiger partial charge in [0.25, 0.3) is 11.1 Å². The number of nitrogens with zero attached hydrogens (tertiary/aromatic N) is 4. The molecule has 4 aliphatic heterocycles. The Bertz CT molecular complexity index is 2010. The molecule has 2 aromatic rings. The van der Waals surface area contributed by atoms with Crippen LogP contribution < -0.4 is 21.8 Å². The topological polar surface area (TPSA) is 183 Å². The summed E-state index contributed by atoms with van der Waals surface area (Å²) >= 11 is 0. The smallest absolute Gasteiger partial charge is 0.258 e. The zero-order valence-electron chi connectivity index (χ0n) is 36.8. The monoisotopic (exact) mass is 854 g/mol. The molecule has 14 nitrogen and oxygen atoms in total. The fourth-order valence-electron chi connectivity index (χ4n) is 11.8. The first-order chi connectivity index (χ1) is 29.9. The molecule has 8 rings (SSSR count). The summed E-state index contributed by atoms with van der Waals surface area (Å²) in [7, 11) is 0. The van der Waals surface area contributed by atoms with Crippen molar-refractivity contribution < 1.29 is 29.4 Å². The van der Waals surface area contributed by atoms with Gasteiger partial charge in [0, 0.05) is 87.6 Å². The highest BCUT2D eigenvalue weighted by atomic mass is 16.3. The standard InChI is InChI=1S/2C24H33N3O4/c2*1-3-7-17-10-11-19-22-21(23(30)25-12-16-8-5-4-6-9-16)18(14-28)20(27(22)15(2)29)13-26(19)24(17)31/h2*3,7,10-11,16,18,20-22,28H,4-6,8-9,12-14H2,1-2H3,(H,25,30)/b7-3+;7-3-/t2*18-,20-,21+,22+/m11/s1. The molecule has 4 fully saturated rings. The maximum atomic E-state index is 13.4. The van der Waals surface area contributed by atoms with Crippen molar-refractivity contribution in [1.29, 1.82) is 0 Å². The molecule has 0 radical (unpaired) electrons. The number of amides is 4. The molecule has 4 bridgehead atoms. The molecule has 2 aliphatic carbocycles. The van der Waals surface area contributed by atoms with Crippen LogP contribution in [-0.4, -0.2) is 91.2 Å². The Hall–Kier alpha value is -4.82. The summed E-state index contributed by atoms with van der Waals surface area (Å²) in [6.07, 6.45) is 19.0. The van der Waals surface area contributed by atoms with Crippen LogP contribution in [-0.2, 0) is 32.3 Å². The Labute approximate surface area is 364 Å². The predicted octanol–water partition coefficient (Wildman–Crippen LogP) is 4.18. The minimum absolute atomic E-state index is 0.117. The van der Waals surface area contributed by atoms with Crippen LogP contribution in [0.1, 0.15) is 127 Å². The Morgan fingerprint density at radius 2 is 0.984 bits per heavy atom. The van der Waals surface area contributed by atoms with E-state index in [9.17, 15) is 39.0 Å². The molecule has 336 valence electrons. The van der Waals surface area contributed by atoms with Gasteiger partial charge in [-0.1, -0.05) is 62.8 Å². The van der Waals surface area contributed by atoms with E-state index in [-0.39, 0.29) is 60.0 Å². The van der Waals surface area contributed by atoms with Crippen molar-refractivity contribution in [1.82, 2.24) is 29.6 Å². The van der Waals surface area contributed by atoms with E-state index in [0.29, 0.717) is 60.5 Å². The van der Waals surface area contributed by atoms with Gasteiger partial charge in [0.15, 0.2) is 0 Å². The van der Waals surface area contributed by atoms with Crippen LogP contribution >= 0.6 is 0 Å². The summed E-state index contributed by atoms with van der Waals surface area (Å²) in [6.45, 7) is 8.19. The molecule has 62 heavy (non-hydrogen) atoms. The van der Waals surface area contributed by atoms with E-state index in [1.807, 2.05) is 38.1 Å². The van der Waals surface area contributed by atoms with Crippen LogP contribution in [0.5, 0.6) is 0 Å². The molecule has 0 aromatic carbocycles. The zero-order valence-corrected chi connectivity index (χ0v) is 36.8. The van der Waals surface area contributed by atoms with Gasteiger partial charge < -0.3 is 39.8 Å². The van der Waals surface area contributed by atoms with Gasteiger partial charge >= 0.3 is 0 Å². The molecule has 4 amide bonds. The van der Waals surface area contributed by atoms with E-state index < -0.39 is 35.8 Å². The molecule has 6 aliphatic rings. The zero-order chi connectivity index (χ0) is 44.2. The Morgan fingerprint density at radius 1 is 0.613 bits per heavy atom. The number of aromatic nitrogens is 2. The number of hydrogen-bond donors (Lipinski definition) is 4. The lowest BCUT2D eigenvalue weighted by Crippen LogP contribution is -2.48. The second-order valence-corrected chi connectivity index (χ2v) is 18.4. The first-order valence-electron chi connectivity index (χ1n) is 23.0. The highest BCUT2D eigenvalue weighted by Gasteiger charge is 2.58. The quantitative estimate of drug-likeness (QED) is 0.275. The highest BCUT2D eigenvalue weighted by molar-refractivity contribution is 5.84. The second kappa shape index (κ2) is 19.7. The van der Waals surface area contributed by atoms with Crippen LogP contribution in [0.4, 0.5) is 0 Å². The summed E-state index contributed by atoms with van der Waals surface area (Å²) in [5, 5.41) is 26.7. The average Bonchev–Trinajstić information content (AvgIpc) is 3.68. The number of fused-ring (bicyclic) bond motifs is 8. The Kier molecular flexibility index (Phi) is 14.4. The van der Waals surface area contributed by atoms with Crippen molar-refractivity contribution in [3.05, 3.63) is 79.6 Å². The van der Waals surface area contributed by atoms with E-state index in [2.05, 4.69) is 10.6 Å². The largest absolute Gasteiger partial charge is 0.396 e. The fourth-order valence-corrected chi connectivity index (χ4v) is 11.8. The fraction of sp³-hybridized carbons (Fsp3) is 0.625. The molecule has 0 unspecified atom stereocenters. The van der Waals surface area contributed by atoms with Gasteiger partial charge in [-0.05, 0) is 75.6 Å². The summed E-state index contributed by atoms with van der Waals surface area (Å²) < 4.78 is 3.39. The maximum absolute atomic E-state index is 13.4. The predicted molar refractivity (Wildman–Crippen MR) is 236 cm³/mol. The number of carbonyl (C=O) groups is 4. The number of nitrogens with one attached hydrogen (secondary N) is 2. The SMILES string of the molecule is C/C=C/c1ccc2n(c1=O)C[C@@H]1[C@@H](CO)[C@H](C(=O)NCC3CCCCC3)[C@H]2N1C(C)=O.C/C=C\c1ccc2n(c1=O)C[C@@H]1[C@@H](CO)[C@H](C(=O)NCC3CCCCC3)[C@H]2N1C(C)=O. The van der Waals surface area contributed by atoms with Crippen molar-refractivity contribution in [2.24, 2.45) is 35.5 Å². The lowest BCUT2D eigenvalue weighted by atomic mass is 9.85. The third-order valence-corrected chi connectivity index (χ3v) is 14.8. The van der Waals surface area contributed by atoms with Crippen molar-refractivity contribution in [3.63, 3.8) is 0 Å². The highest BCUT2D eigenvalue weighted by Crippen LogP contribution is 2.49. The third-order valence-electron chi connectivity index (χ3n) is 14.8. The van der Waals surface area contributed by atoms with Crippen molar-refractivity contribution >= 4 is 35.8 Å². The van der Waals surface area contributed by atoms with E-state index in [4.69, 9.17) is 0 Å². The first-order valence-corrected chi connectivity index (χ1v) is 23.0. The number of rotatable bonds is 10. The van der Waals surface area contributed by atoms with E-state index in [1.165, 1.54) is 52.4 Å².